The Bertz CT molecular complexity index is 431. The van der Waals surface area contributed by atoms with E-state index in [1.54, 1.807) is 4.90 Å². The number of nitrogen functional groups attached to an aromatic ring is 1. The van der Waals surface area contributed by atoms with Gasteiger partial charge in [-0.3, -0.25) is 0 Å². The van der Waals surface area contributed by atoms with Crippen LogP contribution in [-0.2, 0) is 13.0 Å². The van der Waals surface area contributed by atoms with Gasteiger partial charge in [0.15, 0.2) is 0 Å². The Morgan fingerprint density at radius 1 is 1.53 bits per heavy atom. The summed E-state index contributed by atoms with van der Waals surface area (Å²) in [6.07, 6.45) is 0.852. The summed E-state index contributed by atoms with van der Waals surface area (Å²) < 4.78 is 0. The van der Waals surface area contributed by atoms with Crippen LogP contribution in [0.25, 0.3) is 0 Å². The number of amides is 2. The molecule has 1 aromatic rings. The number of urea groups is 1. The molecule has 92 valence electrons. The molecule has 0 saturated heterocycles. The maximum absolute atomic E-state index is 12.0. The van der Waals surface area contributed by atoms with E-state index in [4.69, 9.17) is 5.73 Å². The Morgan fingerprint density at radius 3 is 3.00 bits per heavy atom. The summed E-state index contributed by atoms with van der Waals surface area (Å²) >= 11 is 0. The van der Waals surface area contributed by atoms with Crippen molar-refractivity contribution in [2.24, 2.45) is 0 Å². The number of anilines is 1. The smallest absolute Gasteiger partial charge is 0.320 e. The zero-order chi connectivity index (χ0) is 12.4. The van der Waals surface area contributed by atoms with Gasteiger partial charge in [0, 0.05) is 32.4 Å². The molecule has 2 amide bonds. The molecular formula is C13H19N3O. The minimum absolute atomic E-state index is 0.0978. The van der Waals surface area contributed by atoms with Crippen LogP contribution in [0, 0.1) is 0 Å². The summed E-state index contributed by atoms with van der Waals surface area (Å²) in [7, 11) is 1.83. The van der Waals surface area contributed by atoms with Crippen molar-refractivity contribution in [3.05, 3.63) is 29.3 Å². The molecule has 2 N–H and O–H groups in total. The Hall–Kier alpha value is -1.71. The molecule has 0 unspecified atom stereocenters. The largest absolute Gasteiger partial charge is 0.398 e. The van der Waals surface area contributed by atoms with E-state index in [0.29, 0.717) is 6.54 Å². The lowest BCUT2D eigenvalue weighted by Crippen LogP contribution is -2.43. The number of hydrogen-bond donors (Lipinski definition) is 1. The molecule has 1 aromatic carbocycles. The fraction of sp³-hybridized carbons (Fsp3) is 0.462. The van der Waals surface area contributed by atoms with Crippen molar-refractivity contribution < 1.29 is 4.79 Å². The first-order chi connectivity index (χ1) is 8.13. The number of nitrogens with two attached hydrogens (primary N) is 1. The zero-order valence-electron chi connectivity index (χ0n) is 10.4. The molecule has 0 radical (unpaired) electrons. The molecular weight excluding hydrogens is 214 g/mol. The van der Waals surface area contributed by atoms with Crippen molar-refractivity contribution in [3.63, 3.8) is 0 Å². The van der Waals surface area contributed by atoms with E-state index in [9.17, 15) is 4.79 Å². The number of hydrogen-bond acceptors (Lipinski definition) is 2. The third-order valence-corrected chi connectivity index (χ3v) is 3.37. The number of fused-ring (bicyclic) bond motifs is 1. The normalized spacial score (nSPS) is 14.4. The van der Waals surface area contributed by atoms with Crippen LogP contribution < -0.4 is 5.73 Å². The van der Waals surface area contributed by atoms with E-state index >= 15 is 0 Å². The molecule has 0 saturated carbocycles. The highest BCUT2D eigenvalue weighted by Crippen LogP contribution is 2.24. The van der Waals surface area contributed by atoms with Crippen LogP contribution in [0.5, 0.6) is 0 Å². The highest BCUT2D eigenvalue weighted by Gasteiger charge is 2.23. The molecule has 1 aliphatic heterocycles. The zero-order valence-corrected chi connectivity index (χ0v) is 10.4. The van der Waals surface area contributed by atoms with Gasteiger partial charge in [-0.05, 0) is 30.5 Å². The Kier molecular flexibility index (Phi) is 3.22. The summed E-state index contributed by atoms with van der Waals surface area (Å²) in [5.74, 6) is 0. The number of nitrogens with zero attached hydrogens (tertiary/aromatic N) is 2. The molecule has 4 nitrogen and oxygen atoms in total. The average molecular weight is 233 g/mol. The van der Waals surface area contributed by atoms with Gasteiger partial charge >= 0.3 is 6.03 Å². The van der Waals surface area contributed by atoms with Crippen LogP contribution in [-0.4, -0.2) is 36.0 Å². The molecule has 2 rings (SSSR count). The van der Waals surface area contributed by atoms with Crippen molar-refractivity contribution in [2.75, 3.05) is 25.9 Å². The van der Waals surface area contributed by atoms with Gasteiger partial charge in [0.2, 0.25) is 0 Å². The highest BCUT2D eigenvalue weighted by atomic mass is 16.2. The van der Waals surface area contributed by atoms with Crippen LogP contribution in [0.4, 0.5) is 10.5 Å². The van der Waals surface area contributed by atoms with E-state index in [2.05, 4.69) is 6.07 Å². The van der Waals surface area contributed by atoms with Crippen LogP contribution in [0.3, 0.4) is 0 Å². The molecule has 0 bridgehead atoms. The van der Waals surface area contributed by atoms with Crippen molar-refractivity contribution in [3.8, 4) is 0 Å². The van der Waals surface area contributed by atoms with E-state index in [1.165, 1.54) is 11.1 Å². The van der Waals surface area contributed by atoms with Gasteiger partial charge in [0.1, 0.15) is 0 Å². The second-order valence-electron chi connectivity index (χ2n) is 4.45. The first-order valence-electron chi connectivity index (χ1n) is 5.99. The maximum Gasteiger partial charge on any atom is 0.320 e. The van der Waals surface area contributed by atoms with E-state index in [-0.39, 0.29) is 6.03 Å². The number of benzene rings is 1. The number of carbonyl (C=O) groups is 1. The van der Waals surface area contributed by atoms with Crippen LogP contribution in [0.15, 0.2) is 18.2 Å². The number of carbonyl (C=O) groups excluding carboxylic acids is 1. The lowest BCUT2D eigenvalue weighted by Gasteiger charge is -2.32. The standard InChI is InChI=1S/C13H19N3O/c1-3-15(2)13(17)16-8-7-11-10(9-16)5-4-6-12(11)14/h4-6H,3,7-9,14H2,1-2H3. The molecule has 0 spiro atoms. The summed E-state index contributed by atoms with van der Waals surface area (Å²) in [5.41, 5.74) is 9.16. The molecule has 4 heteroatoms. The van der Waals surface area contributed by atoms with Crippen LogP contribution in [0.1, 0.15) is 18.1 Å². The Morgan fingerprint density at radius 2 is 2.29 bits per heavy atom. The first-order valence-corrected chi connectivity index (χ1v) is 5.99. The SMILES string of the molecule is CCN(C)C(=O)N1CCc2c(N)cccc2C1. The Balaban J connectivity index is 2.16. The summed E-state index contributed by atoms with van der Waals surface area (Å²) in [6.45, 7) is 4.14. The third kappa shape index (κ3) is 2.20. The molecule has 1 aliphatic rings. The van der Waals surface area contributed by atoms with Gasteiger partial charge in [-0.15, -0.1) is 0 Å². The summed E-state index contributed by atoms with van der Waals surface area (Å²) in [4.78, 5) is 15.7. The van der Waals surface area contributed by atoms with Gasteiger partial charge < -0.3 is 15.5 Å². The van der Waals surface area contributed by atoms with Gasteiger partial charge in [0.05, 0.1) is 0 Å². The Labute approximate surface area is 102 Å². The highest BCUT2D eigenvalue weighted by molar-refractivity contribution is 5.74. The molecule has 0 atom stereocenters. The molecule has 0 aliphatic carbocycles. The van der Waals surface area contributed by atoms with Crippen molar-refractivity contribution >= 4 is 11.7 Å². The fourth-order valence-corrected chi connectivity index (χ4v) is 2.18. The minimum Gasteiger partial charge on any atom is -0.398 e. The van der Waals surface area contributed by atoms with Crippen LogP contribution in [0.2, 0.25) is 0 Å². The van der Waals surface area contributed by atoms with Gasteiger partial charge in [-0.1, -0.05) is 12.1 Å². The second kappa shape index (κ2) is 4.65. The first kappa shape index (κ1) is 11.8. The van der Waals surface area contributed by atoms with Gasteiger partial charge in [0.25, 0.3) is 0 Å². The van der Waals surface area contributed by atoms with E-state index in [0.717, 1.165) is 25.2 Å². The quantitative estimate of drug-likeness (QED) is 0.750. The maximum atomic E-state index is 12.0. The molecule has 0 fully saturated rings. The fourth-order valence-electron chi connectivity index (χ4n) is 2.18. The minimum atomic E-state index is 0.0978. The van der Waals surface area contributed by atoms with Crippen molar-refractivity contribution in [1.82, 2.24) is 9.80 Å². The van der Waals surface area contributed by atoms with Crippen LogP contribution >= 0.6 is 0 Å². The van der Waals surface area contributed by atoms with Gasteiger partial charge in [-0.2, -0.15) is 0 Å². The van der Waals surface area contributed by atoms with Gasteiger partial charge in [-0.25, -0.2) is 4.79 Å². The predicted molar refractivity (Wildman–Crippen MR) is 68.7 cm³/mol. The lowest BCUT2D eigenvalue weighted by molar-refractivity contribution is 0.159. The topological polar surface area (TPSA) is 49.6 Å². The van der Waals surface area contributed by atoms with E-state index in [1.807, 2.05) is 31.0 Å². The van der Waals surface area contributed by atoms with Crippen molar-refractivity contribution in [2.45, 2.75) is 19.9 Å². The second-order valence-corrected chi connectivity index (χ2v) is 4.45. The molecule has 17 heavy (non-hydrogen) atoms. The predicted octanol–water partition coefficient (Wildman–Crippen LogP) is 1.70. The average Bonchev–Trinajstić information content (AvgIpc) is 2.37. The van der Waals surface area contributed by atoms with E-state index < -0.39 is 0 Å². The third-order valence-electron chi connectivity index (χ3n) is 3.37. The molecule has 0 aromatic heterocycles. The summed E-state index contributed by atoms with van der Waals surface area (Å²) in [5, 5.41) is 0. The monoisotopic (exact) mass is 233 g/mol. The number of rotatable bonds is 1. The lowest BCUT2D eigenvalue weighted by atomic mass is 9.98. The molecule has 1 heterocycles. The summed E-state index contributed by atoms with van der Waals surface area (Å²) in [6, 6.07) is 6.03. The van der Waals surface area contributed by atoms with Crippen molar-refractivity contribution in [1.29, 1.82) is 0 Å².